The average molecular weight is 264 g/mol. The van der Waals surface area contributed by atoms with Gasteiger partial charge in [-0.2, -0.15) is 0 Å². The minimum absolute atomic E-state index is 0.00947. The number of hydrogen-bond acceptors (Lipinski definition) is 4. The Bertz CT molecular complexity index is 392. The van der Waals surface area contributed by atoms with Crippen molar-refractivity contribution in [3.63, 3.8) is 0 Å². The Balaban J connectivity index is 2.45. The maximum absolute atomic E-state index is 11.8. The number of nitrogens with one attached hydrogen (secondary N) is 1. The van der Waals surface area contributed by atoms with E-state index in [0.29, 0.717) is 30.6 Å². The quantitative estimate of drug-likeness (QED) is 0.801. The van der Waals surface area contributed by atoms with Crippen molar-refractivity contribution in [2.75, 3.05) is 26.4 Å². The first kappa shape index (κ1) is 15.4. The summed E-state index contributed by atoms with van der Waals surface area (Å²) in [5.41, 5.74) is 6.90. The van der Waals surface area contributed by atoms with Gasteiger partial charge in [0.05, 0.1) is 18.3 Å². The largest absolute Gasteiger partial charge is 0.397 e. The maximum atomic E-state index is 11.8. The minimum atomic E-state index is -0.00947. The van der Waals surface area contributed by atoms with E-state index in [0.717, 1.165) is 5.69 Å². The van der Waals surface area contributed by atoms with Gasteiger partial charge in [0, 0.05) is 18.3 Å². The highest BCUT2D eigenvalue weighted by Gasteiger charge is 2.16. The van der Waals surface area contributed by atoms with Gasteiger partial charge in [-0.3, -0.25) is 9.78 Å². The molecule has 1 rings (SSSR count). The molecule has 106 valence electrons. The van der Waals surface area contributed by atoms with Crippen LogP contribution in [0.2, 0.25) is 0 Å². The van der Waals surface area contributed by atoms with Crippen molar-refractivity contribution in [1.29, 1.82) is 0 Å². The van der Waals surface area contributed by atoms with Crippen LogP contribution >= 0.6 is 0 Å². The number of carbonyl (C=O) groups excluding carboxylic acids is 1. The molecular formula is C14H24N4O. The second kappa shape index (κ2) is 7.09. The molecule has 0 radical (unpaired) electrons. The van der Waals surface area contributed by atoms with Gasteiger partial charge in [0.2, 0.25) is 5.91 Å². The van der Waals surface area contributed by atoms with Crippen LogP contribution in [-0.2, 0) is 11.2 Å². The van der Waals surface area contributed by atoms with Crippen molar-refractivity contribution in [2.45, 2.75) is 26.3 Å². The zero-order chi connectivity index (χ0) is 14.4. The number of nitrogens with two attached hydrogens (primary N) is 1. The van der Waals surface area contributed by atoms with E-state index in [1.807, 2.05) is 14.1 Å². The van der Waals surface area contributed by atoms with Crippen LogP contribution in [0.3, 0.4) is 0 Å². The number of pyridine rings is 1. The molecule has 0 fully saturated rings. The first-order valence-electron chi connectivity index (χ1n) is 6.53. The van der Waals surface area contributed by atoms with E-state index in [2.05, 4.69) is 29.0 Å². The van der Waals surface area contributed by atoms with Crippen LogP contribution in [0.25, 0.3) is 0 Å². The molecule has 0 saturated carbocycles. The Morgan fingerprint density at radius 2 is 2.11 bits per heavy atom. The number of nitrogen functional groups attached to an aromatic ring is 1. The number of carbonyl (C=O) groups is 1. The summed E-state index contributed by atoms with van der Waals surface area (Å²) in [6, 6.07) is 3.87. The van der Waals surface area contributed by atoms with Gasteiger partial charge in [-0.25, -0.2) is 0 Å². The molecule has 1 heterocycles. The Kier molecular flexibility index (Phi) is 5.76. The van der Waals surface area contributed by atoms with Crippen LogP contribution in [0.5, 0.6) is 0 Å². The monoisotopic (exact) mass is 264 g/mol. The SMILES string of the molecule is CC(C)C(CNC(=O)Cc1ccc(N)cn1)N(C)C. The highest BCUT2D eigenvalue weighted by molar-refractivity contribution is 5.78. The van der Waals surface area contributed by atoms with Crippen molar-refractivity contribution in [1.82, 2.24) is 15.2 Å². The molecule has 19 heavy (non-hydrogen) atoms. The van der Waals surface area contributed by atoms with Crippen LogP contribution in [-0.4, -0.2) is 42.5 Å². The lowest BCUT2D eigenvalue weighted by Crippen LogP contribution is -2.43. The van der Waals surface area contributed by atoms with Gasteiger partial charge in [0.15, 0.2) is 0 Å². The normalized spacial score (nSPS) is 12.7. The van der Waals surface area contributed by atoms with Gasteiger partial charge < -0.3 is 16.0 Å². The van der Waals surface area contributed by atoms with Crippen LogP contribution in [0, 0.1) is 5.92 Å². The summed E-state index contributed by atoms with van der Waals surface area (Å²) in [7, 11) is 4.05. The molecule has 0 aliphatic carbocycles. The molecule has 0 aromatic carbocycles. The smallest absolute Gasteiger partial charge is 0.226 e. The van der Waals surface area contributed by atoms with E-state index < -0.39 is 0 Å². The van der Waals surface area contributed by atoms with Crippen molar-refractivity contribution in [3.8, 4) is 0 Å². The number of amides is 1. The minimum Gasteiger partial charge on any atom is -0.397 e. The van der Waals surface area contributed by atoms with Crippen LogP contribution in [0.4, 0.5) is 5.69 Å². The van der Waals surface area contributed by atoms with Gasteiger partial charge in [-0.15, -0.1) is 0 Å². The summed E-state index contributed by atoms with van der Waals surface area (Å²) in [6.45, 7) is 4.95. The van der Waals surface area contributed by atoms with Gasteiger partial charge in [-0.1, -0.05) is 13.8 Å². The third-order valence-electron chi connectivity index (χ3n) is 3.13. The van der Waals surface area contributed by atoms with E-state index in [9.17, 15) is 4.79 Å². The van der Waals surface area contributed by atoms with Gasteiger partial charge in [0.25, 0.3) is 0 Å². The van der Waals surface area contributed by atoms with E-state index in [4.69, 9.17) is 5.73 Å². The average Bonchev–Trinajstić information content (AvgIpc) is 2.31. The summed E-state index contributed by atoms with van der Waals surface area (Å²) in [4.78, 5) is 18.1. The second-order valence-electron chi connectivity index (χ2n) is 5.34. The molecule has 1 amide bonds. The van der Waals surface area contributed by atoms with Crippen molar-refractivity contribution >= 4 is 11.6 Å². The lowest BCUT2D eigenvalue weighted by Gasteiger charge is -2.28. The van der Waals surface area contributed by atoms with Gasteiger partial charge in [-0.05, 0) is 32.1 Å². The van der Waals surface area contributed by atoms with Crippen molar-refractivity contribution < 1.29 is 4.79 Å². The second-order valence-corrected chi connectivity index (χ2v) is 5.34. The Hall–Kier alpha value is -1.62. The van der Waals surface area contributed by atoms with E-state index in [1.54, 1.807) is 18.3 Å². The molecule has 3 N–H and O–H groups in total. The Labute approximate surface area is 115 Å². The van der Waals surface area contributed by atoms with Crippen LogP contribution in [0.1, 0.15) is 19.5 Å². The maximum Gasteiger partial charge on any atom is 0.226 e. The number of aromatic nitrogens is 1. The fourth-order valence-electron chi connectivity index (χ4n) is 2.00. The lowest BCUT2D eigenvalue weighted by atomic mass is 10.0. The molecule has 1 atom stereocenters. The summed E-state index contributed by atoms with van der Waals surface area (Å²) in [6.07, 6.45) is 1.86. The first-order chi connectivity index (χ1) is 8.90. The van der Waals surface area contributed by atoms with Crippen LogP contribution < -0.4 is 11.1 Å². The molecule has 5 heteroatoms. The molecular weight excluding hydrogens is 240 g/mol. The highest BCUT2D eigenvalue weighted by Crippen LogP contribution is 2.06. The molecule has 0 spiro atoms. The molecule has 1 unspecified atom stereocenters. The number of hydrogen-bond donors (Lipinski definition) is 2. The molecule has 0 aliphatic rings. The van der Waals surface area contributed by atoms with E-state index >= 15 is 0 Å². The predicted molar refractivity (Wildman–Crippen MR) is 77.7 cm³/mol. The number of rotatable bonds is 6. The van der Waals surface area contributed by atoms with Crippen molar-refractivity contribution in [3.05, 3.63) is 24.0 Å². The van der Waals surface area contributed by atoms with E-state index in [1.165, 1.54) is 0 Å². The number of likely N-dealkylation sites (N-methyl/N-ethyl adjacent to an activating group) is 1. The molecule has 1 aromatic heterocycles. The highest BCUT2D eigenvalue weighted by atomic mass is 16.1. The first-order valence-corrected chi connectivity index (χ1v) is 6.53. The fraction of sp³-hybridized carbons (Fsp3) is 0.571. The molecule has 0 aliphatic heterocycles. The molecule has 5 nitrogen and oxygen atoms in total. The summed E-state index contributed by atoms with van der Waals surface area (Å²) >= 11 is 0. The molecule has 0 bridgehead atoms. The Morgan fingerprint density at radius 3 is 2.58 bits per heavy atom. The van der Waals surface area contributed by atoms with E-state index in [-0.39, 0.29) is 5.91 Å². The topological polar surface area (TPSA) is 71.2 Å². The molecule has 0 saturated heterocycles. The van der Waals surface area contributed by atoms with Crippen molar-refractivity contribution in [2.24, 2.45) is 5.92 Å². The van der Waals surface area contributed by atoms with Gasteiger partial charge in [0.1, 0.15) is 0 Å². The molecule has 1 aromatic rings. The standard InChI is InChI=1S/C14H24N4O/c1-10(2)13(18(3)4)9-17-14(19)7-12-6-5-11(15)8-16-12/h5-6,8,10,13H,7,9,15H2,1-4H3,(H,17,19). The lowest BCUT2D eigenvalue weighted by molar-refractivity contribution is -0.120. The van der Waals surface area contributed by atoms with Gasteiger partial charge >= 0.3 is 0 Å². The summed E-state index contributed by atoms with van der Waals surface area (Å²) in [5.74, 6) is 0.481. The summed E-state index contributed by atoms with van der Waals surface area (Å²) in [5, 5.41) is 2.96. The fourth-order valence-corrected chi connectivity index (χ4v) is 2.00. The predicted octanol–water partition coefficient (Wildman–Crippen LogP) is 0.909. The third-order valence-corrected chi connectivity index (χ3v) is 3.13. The van der Waals surface area contributed by atoms with Crippen LogP contribution in [0.15, 0.2) is 18.3 Å². The number of anilines is 1. The summed E-state index contributed by atoms with van der Waals surface area (Å²) < 4.78 is 0. The Morgan fingerprint density at radius 1 is 1.42 bits per heavy atom. The zero-order valence-electron chi connectivity index (χ0n) is 12.2. The third kappa shape index (κ3) is 5.26. The zero-order valence-corrected chi connectivity index (χ0v) is 12.2. The number of nitrogens with zero attached hydrogens (tertiary/aromatic N) is 2.